The van der Waals surface area contributed by atoms with E-state index in [9.17, 15) is 0 Å². The smallest absolute Gasteiger partial charge is 0.203 e. The molecule has 2 rings (SSSR count). The third kappa shape index (κ3) is 3.44. The Bertz CT molecular complexity index is 537. The van der Waals surface area contributed by atoms with Gasteiger partial charge in [0.1, 0.15) is 6.10 Å². The van der Waals surface area contributed by atoms with Crippen molar-refractivity contribution >= 4 is 0 Å². The Morgan fingerprint density at radius 2 is 1.55 bits per heavy atom. The molecule has 0 saturated heterocycles. The molecule has 0 aromatic heterocycles. The summed E-state index contributed by atoms with van der Waals surface area (Å²) in [5.74, 6) is 2.02. The number of methoxy groups -OCH3 is 2. The quantitative estimate of drug-likeness (QED) is 0.802. The zero-order valence-corrected chi connectivity index (χ0v) is 12.1. The summed E-state index contributed by atoms with van der Waals surface area (Å²) in [6.07, 6.45) is 0.902. The Balaban J connectivity index is 2.09. The van der Waals surface area contributed by atoms with Crippen LogP contribution in [0.15, 0.2) is 48.5 Å². The molecule has 1 unspecified atom stereocenters. The van der Waals surface area contributed by atoms with Crippen LogP contribution in [0, 0.1) is 0 Å². The van der Waals surface area contributed by atoms with Crippen LogP contribution >= 0.6 is 0 Å². The number of para-hydroxylation sites is 1. The van der Waals surface area contributed by atoms with Crippen molar-refractivity contribution in [2.24, 2.45) is 0 Å². The summed E-state index contributed by atoms with van der Waals surface area (Å²) in [6.45, 7) is 2.05. The first-order chi connectivity index (χ1) is 9.74. The van der Waals surface area contributed by atoms with Gasteiger partial charge in [-0.25, -0.2) is 0 Å². The summed E-state index contributed by atoms with van der Waals surface area (Å²) in [6, 6.07) is 15.9. The Morgan fingerprint density at radius 1 is 0.850 bits per heavy atom. The lowest BCUT2D eigenvalue weighted by atomic mass is 10.1. The van der Waals surface area contributed by atoms with Crippen molar-refractivity contribution in [1.82, 2.24) is 0 Å². The van der Waals surface area contributed by atoms with Gasteiger partial charge in [0.15, 0.2) is 11.5 Å². The largest absolute Gasteiger partial charge is 0.493 e. The third-order valence-electron chi connectivity index (χ3n) is 3.06. The van der Waals surface area contributed by atoms with Gasteiger partial charge in [0.25, 0.3) is 0 Å². The standard InChI is InChI=1S/C17H20O3/c1-13(12-14-8-5-4-6-9-14)20-16-11-7-10-15(18-2)17(16)19-3/h4-11,13H,12H2,1-3H3. The molecule has 106 valence electrons. The molecule has 0 aliphatic heterocycles. The topological polar surface area (TPSA) is 27.7 Å². The first kappa shape index (κ1) is 14.3. The molecule has 0 N–H and O–H groups in total. The molecule has 0 saturated carbocycles. The molecule has 20 heavy (non-hydrogen) atoms. The summed E-state index contributed by atoms with van der Waals surface area (Å²) in [5.41, 5.74) is 1.25. The number of ether oxygens (including phenoxy) is 3. The second-order valence-electron chi connectivity index (χ2n) is 4.61. The van der Waals surface area contributed by atoms with Crippen LogP contribution in [0.4, 0.5) is 0 Å². The van der Waals surface area contributed by atoms with E-state index in [2.05, 4.69) is 12.1 Å². The normalized spacial score (nSPS) is 11.8. The van der Waals surface area contributed by atoms with Crippen molar-refractivity contribution in [2.45, 2.75) is 19.4 Å². The summed E-state index contributed by atoms with van der Waals surface area (Å²) in [7, 11) is 3.24. The molecule has 0 amide bonds. The summed E-state index contributed by atoms with van der Waals surface area (Å²) in [4.78, 5) is 0. The molecule has 3 heteroatoms. The van der Waals surface area contributed by atoms with Gasteiger partial charge in [0.05, 0.1) is 14.2 Å². The molecule has 0 fully saturated rings. The lowest BCUT2D eigenvalue weighted by Gasteiger charge is -2.18. The van der Waals surface area contributed by atoms with Gasteiger partial charge in [0.2, 0.25) is 5.75 Å². The summed E-state index contributed by atoms with van der Waals surface area (Å²) in [5, 5.41) is 0. The SMILES string of the molecule is COc1cccc(OC(C)Cc2ccccc2)c1OC. The minimum absolute atomic E-state index is 0.0541. The van der Waals surface area contributed by atoms with E-state index in [1.54, 1.807) is 14.2 Å². The zero-order valence-electron chi connectivity index (χ0n) is 12.1. The summed E-state index contributed by atoms with van der Waals surface area (Å²) >= 11 is 0. The average Bonchev–Trinajstić information content (AvgIpc) is 2.47. The number of rotatable bonds is 6. The fourth-order valence-electron chi connectivity index (χ4n) is 2.15. The van der Waals surface area contributed by atoms with Crippen molar-refractivity contribution in [3.05, 3.63) is 54.1 Å². The highest BCUT2D eigenvalue weighted by molar-refractivity contribution is 5.51. The number of hydrogen-bond acceptors (Lipinski definition) is 3. The highest BCUT2D eigenvalue weighted by Gasteiger charge is 2.13. The first-order valence-electron chi connectivity index (χ1n) is 6.66. The van der Waals surface area contributed by atoms with E-state index < -0.39 is 0 Å². The van der Waals surface area contributed by atoms with Gasteiger partial charge in [0, 0.05) is 6.42 Å². The monoisotopic (exact) mass is 272 g/mol. The maximum Gasteiger partial charge on any atom is 0.203 e. The second kappa shape index (κ2) is 6.85. The van der Waals surface area contributed by atoms with Crippen LogP contribution in [0.5, 0.6) is 17.2 Å². The predicted molar refractivity (Wildman–Crippen MR) is 79.8 cm³/mol. The molecule has 0 spiro atoms. The van der Waals surface area contributed by atoms with E-state index in [1.165, 1.54) is 5.56 Å². The third-order valence-corrected chi connectivity index (χ3v) is 3.06. The van der Waals surface area contributed by atoms with Crippen LogP contribution in [0.2, 0.25) is 0 Å². The van der Waals surface area contributed by atoms with Crippen molar-refractivity contribution in [3.63, 3.8) is 0 Å². The molecule has 0 bridgehead atoms. The van der Waals surface area contributed by atoms with Gasteiger partial charge in [-0.1, -0.05) is 36.4 Å². The van der Waals surface area contributed by atoms with Crippen molar-refractivity contribution in [2.75, 3.05) is 14.2 Å². The number of benzene rings is 2. The number of hydrogen-bond donors (Lipinski definition) is 0. The van der Waals surface area contributed by atoms with E-state index in [0.717, 1.165) is 6.42 Å². The van der Waals surface area contributed by atoms with Crippen LogP contribution in [-0.4, -0.2) is 20.3 Å². The van der Waals surface area contributed by atoms with Crippen molar-refractivity contribution < 1.29 is 14.2 Å². The van der Waals surface area contributed by atoms with Gasteiger partial charge < -0.3 is 14.2 Å². The van der Waals surface area contributed by atoms with E-state index >= 15 is 0 Å². The molecular weight excluding hydrogens is 252 g/mol. The van der Waals surface area contributed by atoms with Gasteiger partial charge in [-0.2, -0.15) is 0 Å². The van der Waals surface area contributed by atoms with Crippen LogP contribution in [0.25, 0.3) is 0 Å². The van der Waals surface area contributed by atoms with Crippen molar-refractivity contribution in [3.8, 4) is 17.2 Å². The average molecular weight is 272 g/mol. The molecule has 1 atom stereocenters. The van der Waals surface area contributed by atoms with E-state index in [1.807, 2.05) is 43.3 Å². The Morgan fingerprint density at radius 3 is 2.20 bits per heavy atom. The Kier molecular flexibility index (Phi) is 4.88. The van der Waals surface area contributed by atoms with Crippen LogP contribution in [-0.2, 0) is 6.42 Å². The first-order valence-corrected chi connectivity index (χ1v) is 6.66. The summed E-state index contributed by atoms with van der Waals surface area (Å²) < 4.78 is 16.6. The van der Waals surface area contributed by atoms with Gasteiger partial charge >= 0.3 is 0 Å². The minimum atomic E-state index is 0.0541. The maximum absolute atomic E-state index is 5.98. The molecule has 3 nitrogen and oxygen atoms in total. The van der Waals surface area contributed by atoms with E-state index in [-0.39, 0.29) is 6.10 Å². The molecular formula is C17H20O3. The van der Waals surface area contributed by atoms with E-state index in [4.69, 9.17) is 14.2 Å². The zero-order chi connectivity index (χ0) is 14.4. The van der Waals surface area contributed by atoms with Crippen LogP contribution in [0.1, 0.15) is 12.5 Å². The molecule has 2 aromatic rings. The fraction of sp³-hybridized carbons (Fsp3) is 0.294. The second-order valence-corrected chi connectivity index (χ2v) is 4.61. The fourth-order valence-corrected chi connectivity index (χ4v) is 2.15. The molecule has 0 aliphatic carbocycles. The van der Waals surface area contributed by atoms with E-state index in [0.29, 0.717) is 17.2 Å². The highest BCUT2D eigenvalue weighted by Crippen LogP contribution is 2.37. The lowest BCUT2D eigenvalue weighted by molar-refractivity contribution is 0.209. The molecule has 2 aromatic carbocycles. The Labute approximate surface area is 120 Å². The van der Waals surface area contributed by atoms with Crippen LogP contribution < -0.4 is 14.2 Å². The molecule has 0 aliphatic rings. The maximum atomic E-state index is 5.98. The Hall–Kier alpha value is -2.16. The van der Waals surface area contributed by atoms with Gasteiger partial charge in [-0.05, 0) is 24.6 Å². The predicted octanol–water partition coefficient (Wildman–Crippen LogP) is 3.71. The highest BCUT2D eigenvalue weighted by atomic mass is 16.5. The van der Waals surface area contributed by atoms with Crippen molar-refractivity contribution in [1.29, 1.82) is 0 Å². The molecule has 0 radical (unpaired) electrons. The minimum Gasteiger partial charge on any atom is -0.493 e. The molecule has 0 heterocycles. The lowest BCUT2D eigenvalue weighted by Crippen LogP contribution is -2.15. The van der Waals surface area contributed by atoms with Gasteiger partial charge in [-0.3, -0.25) is 0 Å². The van der Waals surface area contributed by atoms with Crippen LogP contribution in [0.3, 0.4) is 0 Å². The van der Waals surface area contributed by atoms with Gasteiger partial charge in [-0.15, -0.1) is 0 Å².